The Bertz CT molecular complexity index is 1050. The fourth-order valence-corrected chi connectivity index (χ4v) is 4.10. The minimum Gasteiger partial charge on any atom is -0.492 e. The molecule has 27 heavy (non-hydrogen) atoms. The standard InChI is InChI=1S/C21H20N2O3S/c1-14-4-2-3-5-17(14)19-13-27-21(25)23(19)10-11-26-16-7-8-18-15(12-16)6-9-20(24)22-18/h2-5,7-8,12-13H,6,9-11H2,1H3,(H,22,24). The lowest BCUT2D eigenvalue weighted by Crippen LogP contribution is -2.20. The summed E-state index contributed by atoms with van der Waals surface area (Å²) in [7, 11) is 0. The van der Waals surface area contributed by atoms with Gasteiger partial charge in [-0.25, -0.2) is 0 Å². The van der Waals surface area contributed by atoms with Crippen LogP contribution in [0.5, 0.6) is 5.75 Å². The highest BCUT2D eigenvalue weighted by atomic mass is 32.1. The molecule has 1 N–H and O–H groups in total. The Labute approximate surface area is 161 Å². The van der Waals surface area contributed by atoms with Crippen LogP contribution in [0.2, 0.25) is 0 Å². The first-order chi connectivity index (χ1) is 13.1. The average molecular weight is 380 g/mol. The van der Waals surface area contributed by atoms with E-state index >= 15 is 0 Å². The van der Waals surface area contributed by atoms with Crippen molar-refractivity contribution in [3.63, 3.8) is 0 Å². The van der Waals surface area contributed by atoms with E-state index in [1.54, 1.807) is 4.57 Å². The van der Waals surface area contributed by atoms with Crippen molar-refractivity contribution in [3.05, 3.63) is 68.6 Å². The first-order valence-corrected chi connectivity index (χ1v) is 9.80. The van der Waals surface area contributed by atoms with E-state index in [1.807, 2.05) is 54.8 Å². The minimum absolute atomic E-state index is 0.0185. The molecule has 0 saturated carbocycles. The Morgan fingerprint density at radius 2 is 2.00 bits per heavy atom. The third-order valence-electron chi connectivity index (χ3n) is 4.76. The van der Waals surface area contributed by atoms with Gasteiger partial charge in [-0.3, -0.25) is 14.2 Å². The zero-order valence-electron chi connectivity index (χ0n) is 15.0. The van der Waals surface area contributed by atoms with Crippen molar-refractivity contribution >= 4 is 22.9 Å². The topological polar surface area (TPSA) is 60.3 Å². The summed E-state index contributed by atoms with van der Waals surface area (Å²) < 4.78 is 7.65. The Kier molecular flexibility index (Phi) is 4.81. The number of carbonyl (C=O) groups is 1. The quantitative estimate of drug-likeness (QED) is 0.731. The number of benzene rings is 2. The number of fused-ring (bicyclic) bond motifs is 1. The van der Waals surface area contributed by atoms with Crippen molar-refractivity contribution in [1.29, 1.82) is 0 Å². The van der Waals surface area contributed by atoms with Crippen LogP contribution in [-0.2, 0) is 17.8 Å². The van der Waals surface area contributed by atoms with Gasteiger partial charge in [-0.1, -0.05) is 35.6 Å². The first kappa shape index (κ1) is 17.5. The number of nitrogens with zero attached hydrogens (tertiary/aromatic N) is 1. The molecule has 0 radical (unpaired) electrons. The van der Waals surface area contributed by atoms with Crippen LogP contribution in [0.1, 0.15) is 17.5 Å². The van der Waals surface area contributed by atoms with Gasteiger partial charge < -0.3 is 10.1 Å². The summed E-state index contributed by atoms with van der Waals surface area (Å²) in [5.41, 5.74) is 5.08. The predicted molar refractivity (Wildman–Crippen MR) is 108 cm³/mol. The molecule has 0 atom stereocenters. The van der Waals surface area contributed by atoms with Gasteiger partial charge in [0.05, 0.1) is 12.2 Å². The van der Waals surface area contributed by atoms with Crippen LogP contribution in [0, 0.1) is 6.92 Å². The molecule has 4 rings (SSSR count). The van der Waals surface area contributed by atoms with Gasteiger partial charge in [-0.2, -0.15) is 0 Å². The van der Waals surface area contributed by atoms with Gasteiger partial charge in [0, 0.05) is 23.1 Å². The van der Waals surface area contributed by atoms with Crippen molar-refractivity contribution in [2.75, 3.05) is 11.9 Å². The highest BCUT2D eigenvalue weighted by Crippen LogP contribution is 2.27. The summed E-state index contributed by atoms with van der Waals surface area (Å²) in [6.45, 7) is 2.94. The predicted octanol–water partition coefficient (Wildman–Crippen LogP) is 3.85. The molecule has 0 fully saturated rings. The number of aromatic nitrogens is 1. The number of hydrogen-bond acceptors (Lipinski definition) is 4. The van der Waals surface area contributed by atoms with Gasteiger partial charge in [-0.05, 0) is 42.7 Å². The van der Waals surface area contributed by atoms with Gasteiger partial charge >= 0.3 is 4.87 Å². The molecule has 1 amide bonds. The number of amides is 1. The second-order valence-corrected chi connectivity index (χ2v) is 7.39. The van der Waals surface area contributed by atoms with Gasteiger partial charge in [0.1, 0.15) is 12.4 Å². The normalized spacial score (nSPS) is 13.1. The molecule has 0 saturated heterocycles. The maximum absolute atomic E-state index is 12.3. The highest BCUT2D eigenvalue weighted by molar-refractivity contribution is 7.07. The van der Waals surface area contributed by atoms with E-state index in [0.717, 1.165) is 40.2 Å². The SMILES string of the molecule is Cc1ccccc1-c1csc(=O)n1CCOc1ccc2c(c1)CCC(=O)N2. The maximum atomic E-state index is 12.3. The van der Waals surface area contributed by atoms with Crippen LogP contribution in [-0.4, -0.2) is 17.1 Å². The highest BCUT2D eigenvalue weighted by Gasteiger charge is 2.15. The summed E-state index contributed by atoms with van der Waals surface area (Å²) in [4.78, 5) is 23.7. The monoisotopic (exact) mass is 380 g/mol. The van der Waals surface area contributed by atoms with E-state index in [2.05, 4.69) is 5.32 Å². The fourth-order valence-electron chi connectivity index (χ4n) is 3.32. The Hall–Kier alpha value is -2.86. The van der Waals surface area contributed by atoms with Crippen molar-refractivity contribution in [3.8, 4) is 17.0 Å². The molecule has 0 aliphatic carbocycles. The van der Waals surface area contributed by atoms with E-state index in [1.165, 1.54) is 11.3 Å². The van der Waals surface area contributed by atoms with Gasteiger partial charge in [0.25, 0.3) is 0 Å². The average Bonchev–Trinajstić information content (AvgIpc) is 3.03. The molecule has 1 aliphatic heterocycles. The van der Waals surface area contributed by atoms with Gasteiger partial charge in [-0.15, -0.1) is 0 Å². The molecule has 6 heteroatoms. The molecule has 2 heterocycles. The molecule has 3 aromatic rings. The van der Waals surface area contributed by atoms with Crippen LogP contribution in [0.15, 0.2) is 52.6 Å². The number of thiazole rings is 1. The lowest BCUT2D eigenvalue weighted by atomic mass is 10.0. The minimum atomic E-state index is 0.0185. The number of anilines is 1. The van der Waals surface area contributed by atoms with Crippen LogP contribution < -0.4 is 14.9 Å². The molecule has 0 unspecified atom stereocenters. The fraction of sp³-hybridized carbons (Fsp3) is 0.238. The molecule has 1 aromatic heterocycles. The number of ether oxygens (including phenoxy) is 1. The zero-order valence-corrected chi connectivity index (χ0v) is 15.8. The van der Waals surface area contributed by atoms with E-state index < -0.39 is 0 Å². The van der Waals surface area contributed by atoms with E-state index in [4.69, 9.17) is 4.74 Å². The number of aryl methyl sites for hydroxylation is 2. The number of carbonyl (C=O) groups excluding carboxylic acids is 1. The molecule has 1 aliphatic rings. The van der Waals surface area contributed by atoms with E-state index in [-0.39, 0.29) is 10.8 Å². The molecular formula is C21H20N2O3S. The van der Waals surface area contributed by atoms with E-state index in [0.29, 0.717) is 19.6 Å². The third-order valence-corrected chi connectivity index (χ3v) is 5.52. The molecule has 5 nitrogen and oxygen atoms in total. The van der Waals surface area contributed by atoms with Crippen LogP contribution in [0.25, 0.3) is 11.3 Å². The van der Waals surface area contributed by atoms with Crippen LogP contribution in [0.4, 0.5) is 5.69 Å². The van der Waals surface area contributed by atoms with Crippen LogP contribution >= 0.6 is 11.3 Å². The van der Waals surface area contributed by atoms with Gasteiger partial charge in [0.15, 0.2) is 0 Å². The summed E-state index contributed by atoms with van der Waals surface area (Å²) in [5, 5.41) is 4.77. The summed E-state index contributed by atoms with van der Waals surface area (Å²) in [5.74, 6) is 0.808. The summed E-state index contributed by atoms with van der Waals surface area (Å²) >= 11 is 1.21. The van der Waals surface area contributed by atoms with Crippen molar-refractivity contribution in [1.82, 2.24) is 4.57 Å². The summed E-state index contributed by atoms with van der Waals surface area (Å²) in [6.07, 6.45) is 1.22. The second-order valence-electron chi connectivity index (χ2n) is 6.57. The lowest BCUT2D eigenvalue weighted by molar-refractivity contribution is -0.116. The Morgan fingerprint density at radius 3 is 2.85 bits per heavy atom. The summed E-state index contributed by atoms with van der Waals surface area (Å²) in [6, 6.07) is 13.7. The molecule has 0 spiro atoms. The Morgan fingerprint density at radius 1 is 1.15 bits per heavy atom. The molecule has 0 bridgehead atoms. The molecule has 138 valence electrons. The van der Waals surface area contributed by atoms with Crippen molar-refractivity contribution in [2.24, 2.45) is 0 Å². The Balaban J connectivity index is 1.48. The van der Waals surface area contributed by atoms with Crippen LogP contribution in [0.3, 0.4) is 0 Å². The largest absolute Gasteiger partial charge is 0.492 e. The zero-order chi connectivity index (χ0) is 18.8. The molecular weight excluding hydrogens is 360 g/mol. The molecule has 2 aromatic carbocycles. The lowest BCUT2D eigenvalue weighted by Gasteiger charge is -2.18. The van der Waals surface area contributed by atoms with E-state index in [9.17, 15) is 9.59 Å². The number of nitrogens with one attached hydrogen (secondary N) is 1. The van der Waals surface area contributed by atoms with Crippen molar-refractivity contribution < 1.29 is 9.53 Å². The second kappa shape index (κ2) is 7.40. The maximum Gasteiger partial charge on any atom is 0.307 e. The first-order valence-electron chi connectivity index (χ1n) is 8.92. The van der Waals surface area contributed by atoms with Gasteiger partial charge in [0.2, 0.25) is 5.91 Å². The number of hydrogen-bond donors (Lipinski definition) is 1. The number of rotatable bonds is 5. The smallest absolute Gasteiger partial charge is 0.307 e. The van der Waals surface area contributed by atoms with Crippen molar-refractivity contribution in [2.45, 2.75) is 26.3 Å². The third kappa shape index (κ3) is 3.66.